The molecular formula is C28H36BNO4. The van der Waals surface area contributed by atoms with E-state index < -0.39 is 7.12 Å². The van der Waals surface area contributed by atoms with E-state index in [4.69, 9.17) is 14.0 Å². The Morgan fingerprint density at radius 2 is 1.44 bits per heavy atom. The Kier molecular flexibility index (Phi) is 7.20. The number of hydrogen-bond acceptors (Lipinski definition) is 4. The third-order valence-electron chi connectivity index (χ3n) is 7.84. The minimum absolute atomic E-state index is 0.0142. The Balaban J connectivity index is 1.75. The van der Waals surface area contributed by atoms with Crippen LogP contribution in [0, 0.1) is 0 Å². The summed E-state index contributed by atoms with van der Waals surface area (Å²) in [5.74, 6) is 0.776. The van der Waals surface area contributed by atoms with E-state index in [1.165, 1.54) is 0 Å². The van der Waals surface area contributed by atoms with Gasteiger partial charge >= 0.3 is 7.12 Å². The fourth-order valence-corrected chi connectivity index (χ4v) is 5.76. The van der Waals surface area contributed by atoms with Gasteiger partial charge in [0.25, 0.3) is 5.91 Å². The fraction of sp³-hybridized carbons (Fsp3) is 0.464. The van der Waals surface area contributed by atoms with Crippen LogP contribution in [0.15, 0.2) is 60.1 Å². The van der Waals surface area contributed by atoms with Crippen LogP contribution in [-0.2, 0) is 20.6 Å². The largest absolute Gasteiger partial charge is 0.497 e. The van der Waals surface area contributed by atoms with Gasteiger partial charge in [-0.3, -0.25) is 4.79 Å². The van der Waals surface area contributed by atoms with Gasteiger partial charge in [-0.2, -0.15) is 0 Å². The molecule has 0 unspecified atom stereocenters. The Morgan fingerprint density at radius 1 is 0.882 bits per heavy atom. The average Bonchev–Trinajstić information content (AvgIpc) is 3.40. The van der Waals surface area contributed by atoms with Gasteiger partial charge in [0.15, 0.2) is 0 Å². The average molecular weight is 461 g/mol. The normalized spacial score (nSPS) is 19.3. The van der Waals surface area contributed by atoms with E-state index in [2.05, 4.69) is 39.8 Å². The van der Waals surface area contributed by atoms with Gasteiger partial charge in [-0.05, 0) is 54.4 Å². The van der Waals surface area contributed by atoms with Gasteiger partial charge in [0.05, 0.1) is 18.3 Å². The topological polar surface area (TPSA) is 48.0 Å². The standard InChI is InChI=1S/C28H36BNO4/c1-6-27(7-2)28(8-3,9-4)34-29(33-27)24-20-30(19-21-13-11-10-12-14-21)26(31)25(24)22-15-17-23(32-5)18-16-22/h10-18H,6-9,19-20H2,1-5H3. The molecule has 4 rings (SSSR count). The molecule has 1 saturated heterocycles. The summed E-state index contributed by atoms with van der Waals surface area (Å²) in [5.41, 5.74) is 2.85. The summed E-state index contributed by atoms with van der Waals surface area (Å²) in [4.78, 5) is 15.7. The van der Waals surface area contributed by atoms with Crippen molar-refractivity contribution in [2.45, 2.75) is 71.1 Å². The SMILES string of the molecule is CCC1(CC)OB(C2=C(c3ccc(OC)cc3)C(=O)N(Cc3ccccc3)C2)OC1(CC)CC. The van der Waals surface area contributed by atoms with Gasteiger partial charge in [-0.25, -0.2) is 0 Å². The van der Waals surface area contributed by atoms with Crippen LogP contribution in [0.25, 0.3) is 5.57 Å². The van der Waals surface area contributed by atoms with Crippen LogP contribution in [0.5, 0.6) is 5.75 Å². The van der Waals surface area contributed by atoms with Crippen molar-refractivity contribution in [1.29, 1.82) is 0 Å². The molecule has 2 aromatic carbocycles. The second-order valence-corrected chi connectivity index (χ2v) is 9.25. The van der Waals surface area contributed by atoms with Crippen molar-refractivity contribution in [2.75, 3.05) is 13.7 Å². The van der Waals surface area contributed by atoms with Crippen molar-refractivity contribution in [3.8, 4) is 5.75 Å². The molecule has 180 valence electrons. The fourth-order valence-electron chi connectivity index (χ4n) is 5.76. The van der Waals surface area contributed by atoms with E-state index in [-0.39, 0.29) is 17.1 Å². The highest BCUT2D eigenvalue weighted by Gasteiger charge is 2.60. The molecule has 0 aliphatic carbocycles. The Morgan fingerprint density at radius 3 is 1.94 bits per heavy atom. The molecule has 0 aromatic heterocycles. The second-order valence-electron chi connectivity index (χ2n) is 9.25. The molecule has 0 N–H and O–H groups in total. The third kappa shape index (κ3) is 4.07. The molecule has 0 spiro atoms. The van der Waals surface area contributed by atoms with Crippen LogP contribution in [0.4, 0.5) is 0 Å². The van der Waals surface area contributed by atoms with E-state index in [0.29, 0.717) is 18.7 Å². The van der Waals surface area contributed by atoms with Crippen LogP contribution in [0.2, 0.25) is 0 Å². The van der Waals surface area contributed by atoms with E-state index >= 15 is 0 Å². The molecule has 2 heterocycles. The van der Waals surface area contributed by atoms with Gasteiger partial charge in [-0.15, -0.1) is 0 Å². The molecule has 2 aromatic rings. The van der Waals surface area contributed by atoms with Crippen LogP contribution in [0.3, 0.4) is 0 Å². The number of rotatable bonds is 9. The number of hydrogen-bond donors (Lipinski definition) is 0. The zero-order chi connectivity index (χ0) is 24.3. The Hall–Kier alpha value is -2.57. The van der Waals surface area contributed by atoms with Gasteiger partial charge in [0.2, 0.25) is 0 Å². The van der Waals surface area contributed by atoms with Crippen LogP contribution < -0.4 is 4.74 Å². The molecular weight excluding hydrogens is 425 g/mol. The molecule has 5 nitrogen and oxygen atoms in total. The maximum atomic E-state index is 13.8. The second kappa shape index (κ2) is 9.97. The molecule has 1 fully saturated rings. The first-order valence-electron chi connectivity index (χ1n) is 12.5. The third-order valence-corrected chi connectivity index (χ3v) is 7.84. The summed E-state index contributed by atoms with van der Waals surface area (Å²) in [7, 11) is 1.11. The number of carbonyl (C=O) groups is 1. The predicted octanol–water partition coefficient (Wildman–Crippen LogP) is 5.68. The van der Waals surface area contributed by atoms with Crippen molar-refractivity contribution >= 4 is 18.6 Å². The molecule has 0 saturated carbocycles. The lowest BCUT2D eigenvalue weighted by Gasteiger charge is -2.42. The lowest BCUT2D eigenvalue weighted by molar-refractivity contribution is -0.124. The number of nitrogens with zero attached hydrogens (tertiary/aromatic N) is 1. The summed E-state index contributed by atoms with van der Waals surface area (Å²) in [6, 6.07) is 17.8. The molecule has 2 aliphatic heterocycles. The molecule has 2 aliphatic rings. The number of methoxy groups -OCH3 is 1. The highest BCUT2D eigenvalue weighted by atomic mass is 16.7. The monoisotopic (exact) mass is 461 g/mol. The van der Waals surface area contributed by atoms with Gasteiger partial charge in [0, 0.05) is 18.7 Å². The first kappa shape index (κ1) is 24.6. The smallest absolute Gasteiger partial charge is 0.493 e. The molecule has 0 bridgehead atoms. The Bertz CT molecular complexity index is 1010. The van der Waals surface area contributed by atoms with Crippen molar-refractivity contribution < 1.29 is 18.8 Å². The summed E-state index contributed by atoms with van der Waals surface area (Å²) < 4.78 is 18.9. The van der Waals surface area contributed by atoms with Crippen molar-refractivity contribution in [3.63, 3.8) is 0 Å². The van der Waals surface area contributed by atoms with E-state index in [9.17, 15) is 4.79 Å². The van der Waals surface area contributed by atoms with Crippen molar-refractivity contribution in [1.82, 2.24) is 4.90 Å². The summed E-state index contributed by atoms with van der Waals surface area (Å²) in [6.45, 7) is 9.75. The lowest BCUT2D eigenvalue weighted by atomic mass is 9.75. The number of amides is 1. The maximum absolute atomic E-state index is 13.8. The molecule has 6 heteroatoms. The van der Waals surface area contributed by atoms with E-state index in [1.54, 1.807) is 7.11 Å². The number of carbonyl (C=O) groups excluding carboxylic acids is 1. The molecule has 0 atom stereocenters. The quantitative estimate of drug-likeness (QED) is 0.451. The minimum Gasteiger partial charge on any atom is -0.497 e. The van der Waals surface area contributed by atoms with Gasteiger partial charge in [-0.1, -0.05) is 70.2 Å². The molecule has 1 amide bonds. The summed E-state index contributed by atoms with van der Waals surface area (Å²) in [6.07, 6.45) is 3.48. The number of ether oxygens (including phenoxy) is 1. The highest BCUT2D eigenvalue weighted by Crippen LogP contribution is 2.49. The van der Waals surface area contributed by atoms with Crippen molar-refractivity contribution in [2.24, 2.45) is 0 Å². The van der Waals surface area contributed by atoms with Gasteiger partial charge < -0.3 is 18.9 Å². The van der Waals surface area contributed by atoms with Crippen LogP contribution in [-0.4, -0.2) is 42.8 Å². The Labute approximate surface area is 204 Å². The predicted molar refractivity (Wildman–Crippen MR) is 136 cm³/mol. The minimum atomic E-state index is -0.540. The van der Waals surface area contributed by atoms with E-state index in [0.717, 1.165) is 48.0 Å². The van der Waals surface area contributed by atoms with Gasteiger partial charge in [0.1, 0.15) is 5.75 Å². The molecule has 34 heavy (non-hydrogen) atoms. The van der Waals surface area contributed by atoms with Crippen molar-refractivity contribution in [3.05, 3.63) is 71.2 Å². The first-order chi connectivity index (χ1) is 16.5. The lowest BCUT2D eigenvalue weighted by Crippen LogP contribution is -2.50. The number of benzene rings is 2. The maximum Gasteiger partial charge on any atom is 0.493 e. The summed E-state index contributed by atoms with van der Waals surface area (Å²) >= 11 is 0. The first-order valence-corrected chi connectivity index (χ1v) is 12.5. The van der Waals surface area contributed by atoms with Crippen LogP contribution in [0.1, 0.15) is 64.5 Å². The zero-order valence-electron chi connectivity index (χ0n) is 21.1. The van der Waals surface area contributed by atoms with Crippen LogP contribution >= 0.6 is 0 Å². The highest BCUT2D eigenvalue weighted by molar-refractivity contribution is 6.59. The van der Waals surface area contributed by atoms with E-state index in [1.807, 2.05) is 47.4 Å². The molecule has 0 radical (unpaired) electrons. The summed E-state index contributed by atoms with van der Waals surface area (Å²) in [5, 5.41) is 0. The zero-order valence-corrected chi connectivity index (χ0v) is 21.1.